The number of aryl methyl sites for hydroxylation is 1. The molecular formula is C23H24N6O4S2. The Labute approximate surface area is 206 Å². The number of rotatable bonds is 9. The topological polar surface area (TPSA) is 142 Å². The summed E-state index contributed by atoms with van der Waals surface area (Å²) >= 11 is 1.19. The maximum atomic E-state index is 13.2. The number of thioether (sulfide) groups is 1. The van der Waals surface area contributed by atoms with Gasteiger partial charge in [0.05, 0.1) is 23.4 Å². The summed E-state index contributed by atoms with van der Waals surface area (Å²) in [7, 11) is -2.04. The molecule has 12 heteroatoms. The third-order valence-electron chi connectivity index (χ3n) is 5.32. The van der Waals surface area contributed by atoms with Crippen LogP contribution in [-0.4, -0.2) is 46.0 Å². The summed E-state index contributed by atoms with van der Waals surface area (Å²) in [6, 6.07) is 15.8. The molecule has 2 aromatic carbocycles. The van der Waals surface area contributed by atoms with Gasteiger partial charge in [-0.25, -0.2) is 18.5 Å². The van der Waals surface area contributed by atoms with E-state index in [1.165, 1.54) is 34.8 Å². The lowest BCUT2D eigenvalue weighted by Gasteiger charge is -2.12. The Balaban J connectivity index is 1.42. The quantitative estimate of drug-likeness (QED) is 0.254. The van der Waals surface area contributed by atoms with Gasteiger partial charge >= 0.3 is 0 Å². The number of nitrogens with two attached hydrogens (primary N) is 1. The maximum Gasteiger partial charge on any atom is 0.280 e. The average molecular weight is 513 g/mol. The Kier molecular flexibility index (Phi) is 7.34. The molecule has 2 heterocycles. The van der Waals surface area contributed by atoms with Gasteiger partial charge in [0.2, 0.25) is 15.9 Å². The molecule has 4 rings (SSSR count). The number of aromatic nitrogens is 4. The molecule has 0 radical (unpaired) electrons. The second-order valence-electron chi connectivity index (χ2n) is 7.85. The van der Waals surface area contributed by atoms with E-state index in [4.69, 9.17) is 5.14 Å². The van der Waals surface area contributed by atoms with Crippen LogP contribution in [0.1, 0.15) is 11.1 Å². The lowest BCUT2D eigenvalue weighted by Crippen LogP contribution is -2.29. The molecule has 0 aliphatic carbocycles. The molecule has 0 aliphatic rings. The summed E-state index contributed by atoms with van der Waals surface area (Å²) in [5, 5.41) is 12.5. The van der Waals surface area contributed by atoms with Gasteiger partial charge in [0.15, 0.2) is 10.7 Å². The zero-order valence-electron chi connectivity index (χ0n) is 18.9. The lowest BCUT2D eigenvalue weighted by molar-refractivity contribution is -0.118. The maximum absolute atomic E-state index is 13.2. The molecule has 0 spiro atoms. The number of fused-ring (bicyclic) bond motifs is 1. The first-order chi connectivity index (χ1) is 16.7. The number of sulfonamides is 1. The van der Waals surface area contributed by atoms with E-state index in [2.05, 4.69) is 15.4 Å². The number of nitrogens with zero attached hydrogens (tertiary/aromatic N) is 4. The molecule has 0 unspecified atom stereocenters. The van der Waals surface area contributed by atoms with Crippen LogP contribution in [0.3, 0.4) is 0 Å². The first kappa shape index (κ1) is 24.6. The van der Waals surface area contributed by atoms with Crippen LogP contribution in [0.25, 0.3) is 11.0 Å². The zero-order valence-corrected chi connectivity index (χ0v) is 20.6. The Morgan fingerprint density at radius 1 is 1.09 bits per heavy atom. The van der Waals surface area contributed by atoms with Crippen LogP contribution in [-0.2, 0) is 34.8 Å². The third kappa shape index (κ3) is 5.96. The fourth-order valence-electron chi connectivity index (χ4n) is 3.52. The highest BCUT2D eigenvalue weighted by Gasteiger charge is 2.16. The van der Waals surface area contributed by atoms with Crippen LogP contribution in [0.2, 0.25) is 0 Å². The minimum absolute atomic E-state index is 0.0429. The largest absolute Gasteiger partial charge is 0.355 e. The minimum atomic E-state index is -3.73. The molecule has 0 aliphatic heterocycles. The van der Waals surface area contributed by atoms with Crippen molar-refractivity contribution in [3.63, 3.8) is 0 Å². The van der Waals surface area contributed by atoms with Gasteiger partial charge in [0.1, 0.15) is 5.52 Å². The number of primary sulfonamides is 1. The van der Waals surface area contributed by atoms with Crippen molar-refractivity contribution >= 4 is 38.7 Å². The van der Waals surface area contributed by atoms with Crippen LogP contribution in [0, 0.1) is 0 Å². The molecule has 4 aromatic rings. The number of nitrogens with one attached hydrogen (secondary N) is 1. The predicted octanol–water partition coefficient (Wildman–Crippen LogP) is 1.28. The van der Waals surface area contributed by atoms with Gasteiger partial charge in [-0.15, -0.1) is 0 Å². The molecule has 35 heavy (non-hydrogen) atoms. The molecular weight excluding hydrogens is 488 g/mol. The highest BCUT2D eigenvalue weighted by atomic mass is 32.2. The molecule has 1 amide bonds. The smallest absolute Gasteiger partial charge is 0.280 e. The van der Waals surface area contributed by atoms with Crippen LogP contribution in [0.5, 0.6) is 0 Å². The van der Waals surface area contributed by atoms with Crippen molar-refractivity contribution < 1.29 is 13.2 Å². The van der Waals surface area contributed by atoms with Crippen molar-refractivity contribution in [3.8, 4) is 0 Å². The second kappa shape index (κ2) is 10.4. The zero-order chi connectivity index (χ0) is 25.0. The van der Waals surface area contributed by atoms with E-state index in [1.54, 1.807) is 23.7 Å². The normalized spacial score (nSPS) is 11.6. The van der Waals surface area contributed by atoms with Gasteiger partial charge in [0, 0.05) is 13.6 Å². The van der Waals surface area contributed by atoms with Crippen LogP contribution < -0.4 is 16.0 Å². The summed E-state index contributed by atoms with van der Waals surface area (Å²) < 4.78 is 25.8. The summed E-state index contributed by atoms with van der Waals surface area (Å²) in [5.41, 5.74) is 2.48. The molecule has 3 N–H and O–H groups in total. The summed E-state index contributed by atoms with van der Waals surface area (Å²) in [6.07, 6.45) is 2.06. The van der Waals surface area contributed by atoms with Crippen molar-refractivity contribution in [1.82, 2.24) is 24.6 Å². The molecule has 0 saturated carbocycles. The Morgan fingerprint density at radius 3 is 2.49 bits per heavy atom. The molecule has 2 aromatic heterocycles. The number of amides is 1. The Bertz CT molecular complexity index is 1510. The van der Waals surface area contributed by atoms with Crippen molar-refractivity contribution in [2.45, 2.75) is 23.0 Å². The summed E-state index contributed by atoms with van der Waals surface area (Å²) in [5.74, 6) is -0.125. The first-order valence-corrected chi connectivity index (χ1v) is 13.2. The van der Waals surface area contributed by atoms with E-state index in [9.17, 15) is 18.0 Å². The minimum Gasteiger partial charge on any atom is -0.355 e. The lowest BCUT2D eigenvalue weighted by atomic mass is 10.1. The van der Waals surface area contributed by atoms with Crippen LogP contribution in [0.4, 0.5) is 0 Å². The first-order valence-electron chi connectivity index (χ1n) is 10.7. The fourth-order valence-corrected chi connectivity index (χ4v) is 4.87. The third-order valence-corrected chi connectivity index (χ3v) is 7.22. The van der Waals surface area contributed by atoms with Crippen molar-refractivity contribution in [1.29, 1.82) is 0 Å². The van der Waals surface area contributed by atoms with Crippen molar-refractivity contribution in [3.05, 3.63) is 82.3 Å². The SMILES string of the molecule is Cn1ncc2nc(SCC(=O)NCCc3ccc(S(N)(=O)=O)cc3)n(Cc3ccccc3)c(=O)c21. The number of benzene rings is 2. The van der Waals surface area contributed by atoms with E-state index < -0.39 is 10.0 Å². The number of hydrogen-bond donors (Lipinski definition) is 2. The van der Waals surface area contributed by atoms with Crippen LogP contribution in [0.15, 0.2) is 75.6 Å². The van der Waals surface area contributed by atoms with E-state index in [-0.39, 0.29) is 22.1 Å². The van der Waals surface area contributed by atoms with Gasteiger partial charge in [-0.3, -0.25) is 18.8 Å². The summed E-state index contributed by atoms with van der Waals surface area (Å²) in [6.45, 7) is 0.701. The summed E-state index contributed by atoms with van der Waals surface area (Å²) in [4.78, 5) is 30.3. The fraction of sp³-hybridized carbons (Fsp3) is 0.217. The van der Waals surface area contributed by atoms with Crippen molar-refractivity contribution in [2.75, 3.05) is 12.3 Å². The molecule has 0 fully saturated rings. The van der Waals surface area contributed by atoms with Gasteiger partial charge < -0.3 is 5.32 Å². The van der Waals surface area contributed by atoms with Crippen molar-refractivity contribution in [2.24, 2.45) is 12.2 Å². The molecule has 0 atom stereocenters. The standard InChI is InChI=1S/C23H24N6O4S2/c1-28-21-19(13-26-28)27-23(29(22(21)31)14-17-5-3-2-4-6-17)34-15-20(30)25-12-11-16-7-9-18(10-8-16)35(24,32)33/h2-10,13H,11-12,14-15H2,1H3,(H,25,30)(H2,24,32,33). The highest BCUT2D eigenvalue weighted by molar-refractivity contribution is 7.99. The van der Waals surface area contributed by atoms with Gasteiger partial charge in [0.25, 0.3) is 5.56 Å². The molecule has 0 saturated heterocycles. The molecule has 182 valence electrons. The highest BCUT2D eigenvalue weighted by Crippen LogP contribution is 2.18. The van der Waals surface area contributed by atoms with Gasteiger partial charge in [-0.05, 0) is 29.7 Å². The van der Waals surface area contributed by atoms with Gasteiger partial charge in [-0.2, -0.15) is 5.10 Å². The van der Waals surface area contributed by atoms with E-state index in [1.807, 2.05) is 30.3 Å². The average Bonchev–Trinajstić information content (AvgIpc) is 3.20. The van der Waals surface area contributed by atoms with Crippen LogP contribution >= 0.6 is 11.8 Å². The Morgan fingerprint density at radius 2 is 1.80 bits per heavy atom. The molecule has 0 bridgehead atoms. The second-order valence-corrected chi connectivity index (χ2v) is 10.4. The van der Waals surface area contributed by atoms with E-state index in [0.29, 0.717) is 35.7 Å². The van der Waals surface area contributed by atoms with E-state index >= 15 is 0 Å². The monoisotopic (exact) mass is 512 g/mol. The molecule has 10 nitrogen and oxygen atoms in total. The number of carbonyl (C=O) groups excluding carboxylic acids is 1. The number of hydrogen-bond acceptors (Lipinski definition) is 7. The predicted molar refractivity (Wildman–Crippen MR) is 134 cm³/mol. The Hall–Kier alpha value is -3.48. The van der Waals surface area contributed by atoms with E-state index in [0.717, 1.165) is 11.1 Å². The van der Waals surface area contributed by atoms with Gasteiger partial charge in [-0.1, -0.05) is 54.2 Å². The number of carbonyl (C=O) groups is 1.